The van der Waals surface area contributed by atoms with E-state index in [1.165, 1.54) is 12.3 Å². The van der Waals surface area contributed by atoms with Gasteiger partial charge in [0.2, 0.25) is 5.91 Å². The molecule has 1 heterocycles. The first-order chi connectivity index (χ1) is 10.5. The number of hydrogen-bond donors (Lipinski definition) is 3. The van der Waals surface area contributed by atoms with Crippen LogP contribution >= 0.6 is 0 Å². The van der Waals surface area contributed by atoms with Crippen molar-refractivity contribution < 1.29 is 23.9 Å². The van der Waals surface area contributed by atoms with Crippen molar-refractivity contribution in [2.45, 2.75) is 26.2 Å². The maximum absolute atomic E-state index is 12.3. The SMILES string of the molecule is Cc1occc1C(=O)NNC(=O)[C@H]1[C@H]2CC[C@@H](C2)[C@H]1C(=O)O. The van der Waals surface area contributed by atoms with Gasteiger partial charge in [0.15, 0.2) is 0 Å². The Labute approximate surface area is 127 Å². The minimum atomic E-state index is -0.927. The first-order valence-corrected chi connectivity index (χ1v) is 7.36. The standard InChI is InChI=1S/C15H18N2O5/c1-7-10(4-5-22-7)13(18)16-17-14(19)11-8-2-3-9(6-8)12(11)15(20)21/h4-5,8-9,11-12H,2-3,6H2,1H3,(H,16,18)(H,17,19)(H,20,21)/t8-,9-,11-,12+/m0/s1. The Kier molecular flexibility index (Phi) is 3.64. The topological polar surface area (TPSA) is 109 Å². The number of nitrogens with one attached hydrogen (secondary N) is 2. The maximum atomic E-state index is 12.3. The molecule has 0 aliphatic heterocycles. The van der Waals surface area contributed by atoms with Crippen LogP contribution in [0.4, 0.5) is 0 Å². The molecule has 0 saturated heterocycles. The molecule has 2 saturated carbocycles. The van der Waals surface area contributed by atoms with E-state index in [2.05, 4.69) is 10.9 Å². The van der Waals surface area contributed by atoms with Gasteiger partial charge >= 0.3 is 5.97 Å². The molecule has 4 atom stereocenters. The van der Waals surface area contributed by atoms with Gasteiger partial charge in [0, 0.05) is 0 Å². The Morgan fingerprint density at radius 1 is 1.18 bits per heavy atom. The van der Waals surface area contributed by atoms with Crippen LogP contribution in [0.25, 0.3) is 0 Å². The zero-order valence-corrected chi connectivity index (χ0v) is 12.2. The van der Waals surface area contributed by atoms with Gasteiger partial charge < -0.3 is 9.52 Å². The number of furan rings is 1. The summed E-state index contributed by atoms with van der Waals surface area (Å²) in [5, 5.41) is 9.34. The Morgan fingerprint density at radius 3 is 2.45 bits per heavy atom. The number of carbonyl (C=O) groups is 3. The Morgan fingerprint density at radius 2 is 1.86 bits per heavy atom. The average molecular weight is 306 g/mol. The van der Waals surface area contributed by atoms with Gasteiger partial charge in [-0.15, -0.1) is 0 Å². The van der Waals surface area contributed by atoms with E-state index in [9.17, 15) is 19.5 Å². The quantitative estimate of drug-likeness (QED) is 0.724. The van der Waals surface area contributed by atoms with Crippen LogP contribution in [0, 0.1) is 30.6 Å². The summed E-state index contributed by atoms with van der Waals surface area (Å²) in [5.74, 6) is -2.42. The molecule has 2 aliphatic rings. The van der Waals surface area contributed by atoms with E-state index in [-0.39, 0.29) is 11.8 Å². The van der Waals surface area contributed by atoms with E-state index >= 15 is 0 Å². The molecule has 0 radical (unpaired) electrons. The molecule has 3 rings (SSSR count). The molecule has 0 unspecified atom stereocenters. The normalized spacial score (nSPS) is 29.3. The van der Waals surface area contributed by atoms with Gasteiger partial charge in [-0.1, -0.05) is 0 Å². The van der Waals surface area contributed by atoms with Crippen molar-refractivity contribution in [3.8, 4) is 0 Å². The summed E-state index contributed by atoms with van der Waals surface area (Å²) in [7, 11) is 0. The molecule has 0 aromatic carbocycles. The van der Waals surface area contributed by atoms with Gasteiger partial charge in [-0.05, 0) is 44.1 Å². The number of rotatable bonds is 3. The Balaban J connectivity index is 1.63. The van der Waals surface area contributed by atoms with Crippen molar-refractivity contribution in [1.82, 2.24) is 10.9 Å². The molecule has 2 amide bonds. The molecule has 118 valence electrons. The van der Waals surface area contributed by atoms with Gasteiger partial charge in [-0.3, -0.25) is 25.2 Å². The molecule has 1 aromatic rings. The van der Waals surface area contributed by atoms with Crippen molar-refractivity contribution in [3.63, 3.8) is 0 Å². The first kappa shape index (κ1) is 14.6. The lowest BCUT2D eigenvalue weighted by Crippen LogP contribution is -2.48. The van der Waals surface area contributed by atoms with E-state index in [0.717, 1.165) is 19.3 Å². The zero-order valence-electron chi connectivity index (χ0n) is 12.2. The third-order valence-electron chi connectivity index (χ3n) is 4.91. The molecular formula is C15H18N2O5. The highest BCUT2D eigenvalue weighted by atomic mass is 16.4. The number of aliphatic carboxylic acids is 1. The fourth-order valence-corrected chi connectivity index (χ4v) is 3.91. The number of fused-ring (bicyclic) bond motifs is 2. The maximum Gasteiger partial charge on any atom is 0.307 e. The van der Waals surface area contributed by atoms with E-state index < -0.39 is 29.6 Å². The Hall–Kier alpha value is -2.31. The largest absolute Gasteiger partial charge is 0.481 e. The van der Waals surface area contributed by atoms with E-state index in [4.69, 9.17) is 4.42 Å². The summed E-state index contributed by atoms with van der Waals surface area (Å²) in [6.07, 6.45) is 3.92. The van der Waals surface area contributed by atoms with Crippen molar-refractivity contribution in [3.05, 3.63) is 23.7 Å². The van der Waals surface area contributed by atoms with Crippen LogP contribution in [-0.4, -0.2) is 22.9 Å². The highest BCUT2D eigenvalue weighted by molar-refractivity contribution is 5.96. The fraction of sp³-hybridized carbons (Fsp3) is 0.533. The summed E-state index contributed by atoms with van der Waals surface area (Å²) >= 11 is 0. The van der Waals surface area contributed by atoms with Crippen molar-refractivity contribution >= 4 is 17.8 Å². The number of amides is 2. The van der Waals surface area contributed by atoms with E-state index in [1.807, 2.05) is 0 Å². The van der Waals surface area contributed by atoms with Gasteiger partial charge in [-0.2, -0.15) is 0 Å². The third-order valence-corrected chi connectivity index (χ3v) is 4.91. The van der Waals surface area contributed by atoms with E-state index in [0.29, 0.717) is 11.3 Å². The van der Waals surface area contributed by atoms with Crippen LogP contribution in [-0.2, 0) is 9.59 Å². The summed E-state index contributed by atoms with van der Waals surface area (Å²) < 4.78 is 5.03. The molecule has 22 heavy (non-hydrogen) atoms. The minimum absolute atomic E-state index is 0.0741. The number of aryl methyl sites for hydroxylation is 1. The molecule has 2 fully saturated rings. The minimum Gasteiger partial charge on any atom is -0.481 e. The molecule has 2 aliphatic carbocycles. The van der Waals surface area contributed by atoms with Crippen LogP contribution < -0.4 is 10.9 Å². The first-order valence-electron chi connectivity index (χ1n) is 7.36. The average Bonchev–Trinajstić information content (AvgIpc) is 3.18. The van der Waals surface area contributed by atoms with Gasteiger partial charge in [0.1, 0.15) is 5.76 Å². The lowest BCUT2D eigenvalue weighted by molar-refractivity contribution is -0.149. The number of hydrazine groups is 1. The smallest absolute Gasteiger partial charge is 0.307 e. The molecule has 0 spiro atoms. The van der Waals surface area contributed by atoms with Crippen LogP contribution in [0.5, 0.6) is 0 Å². The summed E-state index contributed by atoms with van der Waals surface area (Å²) in [6, 6.07) is 1.51. The number of hydrogen-bond acceptors (Lipinski definition) is 4. The van der Waals surface area contributed by atoms with Crippen molar-refractivity contribution in [2.24, 2.45) is 23.7 Å². The van der Waals surface area contributed by atoms with Crippen LogP contribution in [0.1, 0.15) is 35.4 Å². The zero-order chi connectivity index (χ0) is 15.9. The third kappa shape index (κ3) is 2.36. The van der Waals surface area contributed by atoms with Crippen molar-refractivity contribution in [1.29, 1.82) is 0 Å². The van der Waals surface area contributed by atoms with Crippen LogP contribution in [0.2, 0.25) is 0 Å². The Bertz CT molecular complexity index is 623. The van der Waals surface area contributed by atoms with Gasteiger partial charge in [-0.25, -0.2) is 0 Å². The fourth-order valence-electron chi connectivity index (χ4n) is 3.91. The van der Waals surface area contributed by atoms with Crippen LogP contribution in [0.15, 0.2) is 16.7 Å². The lowest BCUT2D eigenvalue weighted by Gasteiger charge is -2.26. The predicted molar refractivity (Wildman–Crippen MR) is 74.5 cm³/mol. The molecule has 1 aromatic heterocycles. The summed E-state index contributed by atoms with van der Waals surface area (Å²) in [5.41, 5.74) is 5.03. The second-order valence-corrected chi connectivity index (χ2v) is 6.06. The van der Waals surface area contributed by atoms with Gasteiger partial charge in [0.05, 0.1) is 23.7 Å². The second-order valence-electron chi connectivity index (χ2n) is 6.06. The molecule has 3 N–H and O–H groups in total. The number of carboxylic acid groups (broad SMARTS) is 1. The molecule has 2 bridgehead atoms. The summed E-state index contributed by atoms with van der Waals surface area (Å²) in [6.45, 7) is 1.65. The molecule has 7 nitrogen and oxygen atoms in total. The number of carbonyl (C=O) groups excluding carboxylic acids is 2. The van der Waals surface area contributed by atoms with E-state index in [1.54, 1.807) is 6.92 Å². The molecular weight excluding hydrogens is 288 g/mol. The second kappa shape index (κ2) is 5.47. The lowest BCUT2D eigenvalue weighted by atomic mass is 9.79. The number of carboxylic acids is 1. The highest BCUT2D eigenvalue weighted by Gasteiger charge is 2.54. The van der Waals surface area contributed by atoms with Crippen LogP contribution in [0.3, 0.4) is 0 Å². The predicted octanol–water partition coefficient (Wildman–Crippen LogP) is 1.10. The molecule has 7 heteroatoms. The van der Waals surface area contributed by atoms with Gasteiger partial charge in [0.25, 0.3) is 5.91 Å². The monoisotopic (exact) mass is 306 g/mol. The highest BCUT2D eigenvalue weighted by Crippen LogP contribution is 2.52. The summed E-state index contributed by atoms with van der Waals surface area (Å²) in [4.78, 5) is 35.6. The van der Waals surface area contributed by atoms with Crippen molar-refractivity contribution in [2.75, 3.05) is 0 Å².